The highest BCUT2D eigenvalue weighted by Gasteiger charge is 2.28. The van der Waals surface area contributed by atoms with Gasteiger partial charge in [-0.2, -0.15) is 0 Å². The molecule has 1 saturated heterocycles. The van der Waals surface area contributed by atoms with E-state index in [0.29, 0.717) is 12.3 Å². The molecule has 0 aliphatic carbocycles. The summed E-state index contributed by atoms with van der Waals surface area (Å²) in [7, 11) is 0. The topological polar surface area (TPSA) is 33.2 Å². The zero-order valence-corrected chi connectivity index (χ0v) is 14.0. The summed E-state index contributed by atoms with van der Waals surface area (Å²) in [6.45, 7) is 3.85. The van der Waals surface area contributed by atoms with Gasteiger partial charge in [0, 0.05) is 25.5 Å². The van der Waals surface area contributed by atoms with Crippen LogP contribution >= 0.6 is 0 Å². The highest BCUT2D eigenvalue weighted by molar-refractivity contribution is 5.84. The summed E-state index contributed by atoms with van der Waals surface area (Å²) in [5, 5.41) is 0. The van der Waals surface area contributed by atoms with E-state index in [2.05, 4.69) is 11.9 Å². The van der Waals surface area contributed by atoms with Gasteiger partial charge in [0.25, 0.3) is 0 Å². The molecule has 0 spiro atoms. The van der Waals surface area contributed by atoms with Crippen molar-refractivity contribution in [2.45, 2.75) is 32.1 Å². The molecule has 1 aliphatic heterocycles. The molecule has 3 rings (SSSR count). The van der Waals surface area contributed by atoms with Crippen LogP contribution in [0.4, 0.5) is 4.39 Å². The molecule has 1 atom stereocenters. The fourth-order valence-electron chi connectivity index (χ4n) is 3.25. The van der Waals surface area contributed by atoms with Gasteiger partial charge in [-0.1, -0.05) is 25.1 Å². The lowest BCUT2D eigenvalue weighted by Gasteiger charge is -2.33. The Bertz CT molecular complexity index is 664. The van der Waals surface area contributed by atoms with Gasteiger partial charge in [-0.3, -0.25) is 9.78 Å². The summed E-state index contributed by atoms with van der Waals surface area (Å²) in [5.41, 5.74) is 1.88. The standard InChI is InChI=1S/C20H23FN2O/c1-15-8-11-23(12-9-15)20(24)19(13-16-3-2-10-22-14-16)17-4-6-18(21)7-5-17/h2-7,10,14-15,19H,8-9,11-13H2,1H3. The second-order valence-corrected chi connectivity index (χ2v) is 6.68. The van der Waals surface area contributed by atoms with Gasteiger partial charge in [0.2, 0.25) is 5.91 Å². The number of aromatic nitrogens is 1. The first-order chi connectivity index (χ1) is 11.6. The van der Waals surface area contributed by atoms with Crippen LogP contribution in [-0.4, -0.2) is 28.9 Å². The quantitative estimate of drug-likeness (QED) is 0.856. The normalized spacial score (nSPS) is 16.8. The molecule has 2 aromatic rings. The monoisotopic (exact) mass is 326 g/mol. The Morgan fingerprint density at radius 3 is 2.58 bits per heavy atom. The van der Waals surface area contributed by atoms with Crippen LogP contribution in [0.1, 0.15) is 36.8 Å². The fourth-order valence-corrected chi connectivity index (χ4v) is 3.25. The van der Waals surface area contributed by atoms with Crippen molar-refractivity contribution in [3.05, 3.63) is 65.7 Å². The number of benzene rings is 1. The third-order valence-electron chi connectivity index (χ3n) is 4.83. The maximum absolute atomic E-state index is 13.3. The van der Waals surface area contributed by atoms with Crippen molar-refractivity contribution in [1.29, 1.82) is 0 Å². The number of rotatable bonds is 4. The first-order valence-corrected chi connectivity index (χ1v) is 8.56. The third-order valence-corrected chi connectivity index (χ3v) is 4.83. The van der Waals surface area contributed by atoms with Gasteiger partial charge in [0.1, 0.15) is 5.82 Å². The van der Waals surface area contributed by atoms with Gasteiger partial charge in [-0.15, -0.1) is 0 Å². The van der Waals surface area contributed by atoms with Gasteiger partial charge < -0.3 is 4.90 Å². The van der Waals surface area contributed by atoms with Crippen LogP contribution in [0.3, 0.4) is 0 Å². The van der Waals surface area contributed by atoms with Crippen molar-refractivity contribution in [1.82, 2.24) is 9.88 Å². The van der Waals surface area contributed by atoms with Crippen LogP contribution in [0, 0.1) is 11.7 Å². The molecular formula is C20H23FN2O. The Labute approximate surface area is 142 Å². The fraction of sp³-hybridized carbons (Fsp3) is 0.400. The van der Waals surface area contributed by atoms with Crippen molar-refractivity contribution in [2.24, 2.45) is 5.92 Å². The van der Waals surface area contributed by atoms with E-state index in [1.807, 2.05) is 17.0 Å². The van der Waals surface area contributed by atoms with E-state index in [9.17, 15) is 9.18 Å². The molecule has 0 radical (unpaired) electrons. The average Bonchev–Trinajstić information content (AvgIpc) is 2.62. The van der Waals surface area contributed by atoms with E-state index in [0.717, 1.165) is 37.1 Å². The zero-order chi connectivity index (χ0) is 16.9. The lowest BCUT2D eigenvalue weighted by molar-refractivity contribution is -0.134. The number of halogens is 1. The SMILES string of the molecule is CC1CCN(C(=O)C(Cc2cccnc2)c2ccc(F)cc2)CC1. The van der Waals surface area contributed by atoms with Crippen molar-refractivity contribution < 1.29 is 9.18 Å². The molecule has 0 N–H and O–H groups in total. The first-order valence-electron chi connectivity index (χ1n) is 8.56. The highest BCUT2D eigenvalue weighted by atomic mass is 19.1. The van der Waals surface area contributed by atoms with Crippen LogP contribution in [0.2, 0.25) is 0 Å². The minimum absolute atomic E-state index is 0.136. The Hall–Kier alpha value is -2.23. The summed E-state index contributed by atoms with van der Waals surface area (Å²) in [4.78, 5) is 19.2. The third kappa shape index (κ3) is 3.99. The second kappa shape index (κ2) is 7.56. The maximum Gasteiger partial charge on any atom is 0.230 e. The molecule has 0 bridgehead atoms. The van der Waals surface area contributed by atoms with E-state index in [1.54, 1.807) is 24.5 Å². The van der Waals surface area contributed by atoms with E-state index >= 15 is 0 Å². The first kappa shape index (κ1) is 16.6. The molecule has 1 unspecified atom stereocenters. The number of likely N-dealkylation sites (tertiary alicyclic amines) is 1. The Balaban J connectivity index is 1.83. The molecule has 3 nitrogen and oxygen atoms in total. The van der Waals surface area contributed by atoms with Crippen molar-refractivity contribution in [3.8, 4) is 0 Å². The zero-order valence-electron chi connectivity index (χ0n) is 14.0. The molecule has 1 fully saturated rings. The van der Waals surface area contributed by atoms with Gasteiger partial charge in [0.05, 0.1) is 5.92 Å². The molecule has 24 heavy (non-hydrogen) atoms. The summed E-state index contributed by atoms with van der Waals surface area (Å²) in [5.74, 6) is 0.246. The van der Waals surface area contributed by atoms with Crippen LogP contribution in [-0.2, 0) is 11.2 Å². The lowest BCUT2D eigenvalue weighted by Crippen LogP contribution is -2.41. The molecule has 126 valence electrons. The number of piperidine rings is 1. The summed E-state index contributed by atoms with van der Waals surface area (Å²) in [6, 6.07) is 10.2. The molecule has 4 heteroatoms. The summed E-state index contributed by atoms with van der Waals surface area (Å²) < 4.78 is 13.3. The number of amides is 1. The Morgan fingerprint density at radius 1 is 1.25 bits per heavy atom. The predicted octanol–water partition coefficient (Wildman–Crippen LogP) is 3.81. The minimum Gasteiger partial charge on any atom is -0.342 e. The van der Waals surface area contributed by atoms with Gasteiger partial charge >= 0.3 is 0 Å². The predicted molar refractivity (Wildman–Crippen MR) is 92.1 cm³/mol. The number of carbonyl (C=O) groups is 1. The number of hydrogen-bond donors (Lipinski definition) is 0. The number of hydrogen-bond acceptors (Lipinski definition) is 2. The van der Waals surface area contributed by atoms with Crippen LogP contribution in [0.15, 0.2) is 48.8 Å². The van der Waals surface area contributed by atoms with Crippen molar-refractivity contribution >= 4 is 5.91 Å². The molecular weight excluding hydrogens is 303 g/mol. The number of nitrogens with zero attached hydrogens (tertiary/aromatic N) is 2. The molecule has 1 aromatic carbocycles. The molecule has 1 amide bonds. The van der Waals surface area contributed by atoms with Gasteiger partial charge in [0.15, 0.2) is 0 Å². The number of pyridine rings is 1. The van der Waals surface area contributed by atoms with Crippen LogP contribution in [0.25, 0.3) is 0 Å². The van der Waals surface area contributed by atoms with E-state index in [4.69, 9.17) is 0 Å². The summed E-state index contributed by atoms with van der Waals surface area (Å²) in [6.07, 6.45) is 6.21. The van der Waals surface area contributed by atoms with Crippen LogP contribution in [0.5, 0.6) is 0 Å². The largest absolute Gasteiger partial charge is 0.342 e. The number of carbonyl (C=O) groups excluding carboxylic acids is 1. The van der Waals surface area contributed by atoms with E-state index < -0.39 is 0 Å². The molecule has 1 aliphatic rings. The lowest BCUT2D eigenvalue weighted by atomic mass is 9.89. The Kier molecular flexibility index (Phi) is 5.24. The van der Waals surface area contributed by atoms with Crippen LogP contribution < -0.4 is 0 Å². The highest BCUT2D eigenvalue weighted by Crippen LogP contribution is 2.26. The maximum atomic E-state index is 13.3. The molecule has 0 saturated carbocycles. The summed E-state index contributed by atoms with van der Waals surface area (Å²) >= 11 is 0. The molecule has 1 aromatic heterocycles. The smallest absolute Gasteiger partial charge is 0.230 e. The van der Waals surface area contributed by atoms with E-state index in [-0.39, 0.29) is 17.6 Å². The van der Waals surface area contributed by atoms with Crippen molar-refractivity contribution in [2.75, 3.05) is 13.1 Å². The van der Waals surface area contributed by atoms with Gasteiger partial charge in [-0.05, 0) is 54.5 Å². The second-order valence-electron chi connectivity index (χ2n) is 6.68. The minimum atomic E-state index is -0.289. The Morgan fingerprint density at radius 2 is 1.96 bits per heavy atom. The van der Waals surface area contributed by atoms with Gasteiger partial charge in [-0.25, -0.2) is 4.39 Å². The molecule has 2 heterocycles. The average molecular weight is 326 g/mol. The van der Waals surface area contributed by atoms with E-state index in [1.165, 1.54) is 12.1 Å². The van der Waals surface area contributed by atoms with Crippen molar-refractivity contribution in [3.63, 3.8) is 0 Å².